The third kappa shape index (κ3) is 5.92. The fourth-order valence-electron chi connectivity index (χ4n) is 5.45. The molecule has 2 atom stereocenters. The second-order valence-electron chi connectivity index (χ2n) is 9.79. The van der Waals surface area contributed by atoms with Gasteiger partial charge in [0.15, 0.2) is 0 Å². The van der Waals surface area contributed by atoms with Crippen molar-refractivity contribution < 1.29 is 4.79 Å². The number of carbonyl (C=O) groups is 1. The number of hydrogen-bond donors (Lipinski definition) is 3. The van der Waals surface area contributed by atoms with Crippen molar-refractivity contribution in [3.63, 3.8) is 0 Å². The van der Waals surface area contributed by atoms with Crippen LogP contribution < -0.4 is 16.0 Å². The molecule has 1 aromatic heterocycles. The van der Waals surface area contributed by atoms with Crippen molar-refractivity contribution >= 4 is 22.6 Å². The highest BCUT2D eigenvalue weighted by Crippen LogP contribution is 2.26. The Morgan fingerprint density at radius 2 is 1.58 bits per heavy atom. The lowest BCUT2D eigenvalue weighted by molar-refractivity contribution is 0.232. The molecule has 0 saturated carbocycles. The zero-order valence-corrected chi connectivity index (χ0v) is 20.8. The van der Waals surface area contributed by atoms with Crippen molar-refractivity contribution in [1.82, 2.24) is 15.6 Å². The fraction of sp³-hybridized carbons (Fsp3) is 0.290. The minimum atomic E-state index is -0.171. The summed E-state index contributed by atoms with van der Waals surface area (Å²) >= 11 is 0. The molecule has 0 bridgehead atoms. The number of carbonyl (C=O) groups excluding carboxylic acids is 1. The van der Waals surface area contributed by atoms with Crippen LogP contribution in [0, 0.1) is 12.8 Å². The van der Waals surface area contributed by atoms with Crippen LogP contribution in [0.1, 0.15) is 29.7 Å². The Morgan fingerprint density at radius 3 is 2.22 bits per heavy atom. The molecule has 3 aromatic carbocycles. The van der Waals surface area contributed by atoms with E-state index in [1.165, 1.54) is 11.1 Å². The molecule has 3 N–H and O–H groups in total. The Kier molecular flexibility index (Phi) is 7.58. The zero-order valence-electron chi connectivity index (χ0n) is 20.8. The van der Waals surface area contributed by atoms with Gasteiger partial charge in [-0.1, -0.05) is 78.9 Å². The van der Waals surface area contributed by atoms with Crippen LogP contribution in [-0.4, -0.2) is 29.6 Å². The molecule has 1 aliphatic rings. The molecular weight excluding hydrogens is 444 g/mol. The molecule has 1 fully saturated rings. The summed E-state index contributed by atoms with van der Waals surface area (Å²) in [5.41, 5.74) is 5.13. The Morgan fingerprint density at radius 1 is 0.944 bits per heavy atom. The van der Waals surface area contributed by atoms with Gasteiger partial charge in [0.1, 0.15) is 0 Å². The summed E-state index contributed by atoms with van der Waals surface area (Å²) in [5.74, 6) is 0.243. The molecule has 0 spiro atoms. The van der Waals surface area contributed by atoms with Crippen LogP contribution in [0.2, 0.25) is 0 Å². The van der Waals surface area contributed by atoms with Gasteiger partial charge in [-0.25, -0.2) is 4.79 Å². The van der Waals surface area contributed by atoms with E-state index in [1.54, 1.807) is 0 Å². The lowest BCUT2D eigenvalue weighted by Crippen LogP contribution is -2.53. The lowest BCUT2D eigenvalue weighted by Gasteiger charge is -2.33. The number of anilines is 1. The number of aromatic nitrogens is 1. The predicted molar refractivity (Wildman–Crippen MR) is 147 cm³/mol. The number of rotatable bonds is 8. The summed E-state index contributed by atoms with van der Waals surface area (Å²) < 4.78 is 0. The van der Waals surface area contributed by atoms with Crippen molar-refractivity contribution in [2.75, 3.05) is 11.9 Å². The Labute approximate surface area is 213 Å². The molecule has 1 saturated heterocycles. The number of nitrogens with one attached hydrogen (secondary N) is 3. The SMILES string of the molecule is Cc1cc(NC(=O)N[C@H](C(Cc2ccccc2)Cc2ccccc2)C2CCCN2)c2ccccc2n1. The van der Waals surface area contributed by atoms with Crippen molar-refractivity contribution in [2.45, 2.75) is 44.7 Å². The van der Waals surface area contributed by atoms with Crippen LogP contribution in [0.3, 0.4) is 0 Å². The number of nitrogens with zero attached hydrogens (tertiary/aromatic N) is 1. The van der Waals surface area contributed by atoms with E-state index in [9.17, 15) is 4.79 Å². The van der Waals surface area contributed by atoms with Gasteiger partial charge in [-0.3, -0.25) is 4.98 Å². The third-order valence-electron chi connectivity index (χ3n) is 7.11. The topological polar surface area (TPSA) is 66.1 Å². The van der Waals surface area contributed by atoms with E-state index in [-0.39, 0.29) is 24.0 Å². The lowest BCUT2D eigenvalue weighted by atomic mass is 9.82. The van der Waals surface area contributed by atoms with Gasteiger partial charge in [0, 0.05) is 23.2 Å². The van der Waals surface area contributed by atoms with E-state index in [0.717, 1.165) is 54.5 Å². The molecule has 184 valence electrons. The molecular formula is C31H34N4O. The summed E-state index contributed by atoms with van der Waals surface area (Å²) in [5, 5.41) is 11.2. The van der Waals surface area contributed by atoms with Crippen molar-refractivity contribution in [3.05, 3.63) is 108 Å². The molecule has 5 rings (SSSR count). The number of amides is 2. The van der Waals surface area contributed by atoms with E-state index in [0.29, 0.717) is 0 Å². The fourth-order valence-corrected chi connectivity index (χ4v) is 5.45. The number of fused-ring (bicyclic) bond motifs is 1. The number of hydrogen-bond acceptors (Lipinski definition) is 3. The first-order chi connectivity index (χ1) is 17.7. The van der Waals surface area contributed by atoms with Crippen LogP contribution in [0.15, 0.2) is 91.0 Å². The molecule has 36 heavy (non-hydrogen) atoms. The highest BCUT2D eigenvalue weighted by molar-refractivity contribution is 6.00. The number of urea groups is 1. The average Bonchev–Trinajstić information content (AvgIpc) is 3.43. The van der Waals surface area contributed by atoms with Crippen LogP contribution >= 0.6 is 0 Å². The predicted octanol–water partition coefficient (Wildman–Crippen LogP) is 5.89. The normalized spacial score (nSPS) is 16.2. The quantitative estimate of drug-likeness (QED) is 0.296. The van der Waals surface area contributed by atoms with Crippen LogP contribution in [-0.2, 0) is 12.8 Å². The molecule has 0 aliphatic carbocycles. The number of benzene rings is 3. The summed E-state index contributed by atoms with van der Waals surface area (Å²) in [6.07, 6.45) is 3.98. The molecule has 4 aromatic rings. The van der Waals surface area contributed by atoms with Gasteiger partial charge in [-0.15, -0.1) is 0 Å². The molecule has 5 nitrogen and oxygen atoms in total. The van der Waals surface area contributed by atoms with E-state index >= 15 is 0 Å². The largest absolute Gasteiger partial charge is 0.333 e. The second kappa shape index (κ2) is 11.4. The zero-order chi connectivity index (χ0) is 24.7. The molecule has 0 radical (unpaired) electrons. The van der Waals surface area contributed by atoms with E-state index in [2.05, 4.69) is 81.6 Å². The molecule has 5 heteroatoms. The van der Waals surface area contributed by atoms with E-state index in [1.807, 2.05) is 37.3 Å². The Hall–Kier alpha value is -3.70. The van der Waals surface area contributed by atoms with Crippen molar-refractivity contribution in [2.24, 2.45) is 5.92 Å². The summed E-state index contributed by atoms with van der Waals surface area (Å²) in [6.45, 7) is 2.94. The highest BCUT2D eigenvalue weighted by Gasteiger charge is 2.33. The summed E-state index contributed by atoms with van der Waals surface area (Å²) in [6, 6.07) is 31.1. The maximum Gasteiger partial charge on any atom is 0.319 e. The van der Waals surface area contributed by atoms with E-state index in [4.69, 9.17) is 0 Å². The number of para-hydroxylation sites is 1. The van der Waals surface area contributed by atoms with Crippen LogP contribution in [0.5, 0.6) is 0 Å². The van der Waals surface area contributed by atoms with E-state index < -0.39 is 0 Å². The maximum absolute atomic E-state index is 13.5. The van der Waals surface area contributed by atoms with Gasteiger partial charge >= 0.3 is 6.03 Å². The first kappa shape index (κ1) is 24.0. The summed E-state index contributed by atoms with van der Waals surface area (Å²) in [4.78, 5) is 18.1. The average molecular weight is 479 g/mol. The van der Waals surface area contributed by atoms with Gasteiger partial charge in [0.25, 0.3) is 0 Å². The van der Waals surface area contributed by atoms with Gasteiger partial charge in [0.2, 0.25) is 0 Å². The highest BCUT2D eigenvalue weighted by atomic mass is 16.2. The van der Waals surface area contributed by atoms with Crippen molar-refractivity contribution in [3.8, 4) is 0 Å². The summed E-state index contributed by atoms with van der Waals surface area (Å²) in [7, 11) is 0. The van der Waals surface area contributed by atoms with Crippen molar-refractivity contribution in [1.29, 1.82) is 0 Å². The van der Waals surface area contributed by atoms with Gasteiger partial charge in [-0.2, -0.15) is 0 Å². The third-order valence-corrected chi connectivity index (χ3v) is 7.11. The molecule has 1 unspecified atom stereocenters. The number of pyridine rings is 1. The standard InChI is InChI=1S/C31H34N4O/c1-22-19-29(26-15-8-9-16-27(26)33-22)34-31(36)35-30(28-17-10-18-32-28)25(20-23-11-4-2-5-12-23)21-24-13-6-3-7-14-24/h2-9,11-16,19,25,28,30,32H,10,17-18,20-21H2,1H3,(H2,33,34,35,36)/t28?,30-/m1/s1. The molecule has 2 heterocycles. The number of aryl methyl sites for hydroxylation is 1. The maximum atomic E-state index is 13.5. The molecule has 1 aliphatic heterocycles. The molecule has 2 amide bonds. The minimum Gasteiger partial charge on any atom is -0.333 e. The first-order valence-corrected chi connectivity index (χ1v) is 12.9. The minimum absolute atomic E-state index is 0.0119. The monoisotopic (exact) mass is 478 g/mol. The van der Waals surface area contributed by atoms with Gasteiger partial charge in [0.05, 0.1) is 11.2 Å². The smallest absolute Gasteiger partial charge is 0.319 e. The Bertz CT molecular complexity index is 1240. The van der Waals surface area contributed by atoms with Gasteiger partial charge < -0.3 is 16.0 Å². The Balaban J connectivity index is 1.42. The van der Waals surface area contributed by atoms with Crippen LogP contribution in [0.25, 0.3) is 10.9 Å². The second-order valence-corrected chi connectivity index (χ2v) is 9.79. The first-order valence-electron chi connectivity index (χ1n) is 12.9. The van der Waals surface area contributed by atoms with Gasteiger partial charge in [-0.05, 0) is 68.3 Å². The van der Waals surface area contributed by atoms with Crippen LogP contribution in [0.4, 0.5) is 10.5 Å².